The zero-order valence-electron chi connectivity index (χ0n) is 15.1. The van der Waals surface area contributed by atoms with Crippen molar-refractivity contribution in [3.8, 4) is 11.8 Å². The number of aromatic nitrogens is 1. The molecule has 6 nitrogen and oxygen atoms in total. The first kappa shape index (κ1) is 19.2. The highest BCUT2D eigenvalue weighted by Gasteiger charge is 2.17. The average molecular weight is 346 g/mol. The molecule has 0 bridgehead atoms. The number of pyridine rings is 1. The van der Waals surface area contributed by atoms with Crippen molar-refractivity contribution in [3.05, 3.63) is 24.0 Å². The fourth-order valence-electron chi connectivity index (χ4n) is 2.26. The second-order valence-electron chi connectivity index (χ2n) is 6.77. The summed E-state index contributed by atoms with van der Waals surface area (Å²) in [6.45, 7) is 6.74. The maximum absolute atomic E-state index is 11.9. The van der Waals surface area contributed by atoms with Crippen molar-refractivity contribution in [3.63, 3.8) is 0 Å². The number of amides is 1. The molecule has 0 aliphatic carbocycles. The highest BCUT2D eigenvalue weighted by molar-refractivity contribution is 5.86. The Labute approximate surface area is 149 Å². The minimum atomic E-state index is -0.554. The van der Waals surface area contributed by atoms with Gasteiger partial charge in [-0.2, -0.15) is 0 Å². The molecule has 1 fully saturated rings. The van der Waals surface area contributed by atoms with Crippen molar-refractivity contribution in [2.45, 2.75) is 58.3 Å². The molecule has 1 saturated heterocycles. The molecule has 1 aromatic rings. The zero-order chi connectivity index (χ0) is 18.1. The molecular weight excluding hydrogens is 320 g/mol. The van der Waals surface area contributed by atoms with E-state index in [9.17, 15) is 4.79 Å². The molecule has 1 aliphatic rings. The normalized spacial score (nSPS) is 17.3. The van der Waals surface area contributed by atoms with Gasteiger partial charge >= 0.3 is 6.09 Å². The standard InChI is InChI=1S/C19H26N2O4/c1-19(2,3)25-18(22)21-16-10-11-20-14-15(16)8-4-6-12-23-17-9-5-7-13-24-17/h10-11,14,17H,5-7,9,12-13H2,1-3H3,(H,20,21,22). The van der Waals surface area contributed by atoms with Gasteiger partial charge in [0.05, 0.1) is 17.9 Å². The van der Waals surface area contributed by atoms with E-state index in [2.05, 4.69) is 22.1 Å². The van der Waals surface area contributed by atoms with Crippen LogP contribution in [0.1, 0.15) is 52.0 Å². The molecule has 1 amide bonds. The number of hydrogen-bond acceptors (Lipinski definition) is 5. The first-order valence-electron chi connectivity index (χ1n) is 8.60. The molecule has 0 saturated carbocycles. The summed E-state index contributed by atoms with van der Waals surface area (Å²) in [6, 6.07) is 1.69. The summed E-state index contributed by atoms with van der Waals surface area (Å²) in [5.74, 6) is 6.06. The first-order valence-corrected chi connectivity index (χ1v) is 8.60. The third kappa shape index (κ3) is 7.55. The molecule has 0 spiro atoms. The second kappa shape index (κ2) is 9.40. The summed E-state index contributed by atoms with van der Waals surface area (Å²) >= 11 is 0. The number of rotatable bonds is 4. The predicted molar refractivity (Wildman–Crippen MR) is 95.1 cm³/mol. The van der Waals surface area contributed by atoms with Crippen LogP contribution >= 0.6 is 0 Å². The Morgan fingerprint density at radius 3 is 3.00 bits per heavy atom. The summed E-state index contributed by atoms with van der Waals surface area (Å²) in [7, 11) is 0. The minimum absolute atomic E-state index is 0.0988. The molecule has 6 heteroatoms. The zero-order valence-corrected chi connectivity index (χ0v) is 15.1. The summed E-state index contributed by atoms with van der Waals surface area (Å²) in [6.07, 6.45) is 6.38. The van der Waals surface area contributed by atoms with E-state index in [1.54, 1.807) is 18.5 Å². The van der Waals surface area contributed by atoms with Gasteiger partial charge in [0.1, 0.15) is 5.60 Å². The number of carbonyl (C=O) groups excluding carboxylic acids is 1. The van der Waals surface area contributed by atoms with Crippen LogP contribution in [0.4, 0.5) is 10.5 Å². The quantitative estimate of drug-likeness (QED) is 0.665. The molecular formula is C19H26N2O4. The molecule has 1 N–H and O–H groups in total. The van der Waals surface area contributed by atoms with Crippen LogP contribution in [0, 0.1) is 11.8 Å². The van der Waals surface area contributed by atoms with Crippen molar-refractivity contribution in [1.82, 2.24) is 4.98 Å². The van der Waals surface area contributed by atoms with Crippen LogP contribution in [0.15, 0.2) is 18.5 Å². The Morgan fingerprint density at radius 2 is 2.28 bits per heavy atom. The van der Waals surface area contributed by atoms with E-state index in [-0.39, 0.29) is 6.29 Å². The monoisotopic (exact) mass is 346 g/mol. The number of anilines is 1. The predicted octanol–water partition coefficient (Wildman–Crippen LogP) is 3.71. The van der Waals surface area contributed by atoms with Gasteiger partial charge in [0.25, 0.3) is 0 Å². The van der Waals surface area contributed by atoms with Crippen LogP contribution in [-0.4, -0.2) is 36.2 Å². The van der Waals surface area contributed by atoms with Crippen molar-refractivity contribution < 1.29 is 19.0 Å². The van der Waals surface area contributed by atoms with Gasteiger partial charge < -0.3 is 14.2 Å². The van der Waals surface area contributed by atoms with E-state index in [4.69, 9.17) is 14.2 Å². The van der Waals surface area contributed by atoms with Gasteiger partial charge in [-0.3, -0.25) is 10.3 Å². The van der Waals surface area contributed by atoms with Crippen molar-refractivity contribution in [2.24, 2.45) is 0 Å². The lowest BCUT2D eigenvalue weighted by Crippen LogP contribution is -2.27. The molecule has 1 unspecified atom stereocenters. The lowest BCUT2D eigenvalue weighted by atomic mass is 10.2. The van der Waals surface area contributed by atoms with Crippen molar-refractivity contribution >= 4 is 11.8 Å². The van der Waals surface area contributed by atoms with E-state index in [0.29, 0.717) is 24.3 Å². The summed E-state index contributed by atoms with van der Waals surface area (Å²) < 4.78 is 16.4. The van der Waals surface area contributed by atoms with Gasteiger partial charge in [0, 0.05) is 25.4 Å². The van der Waals surface area contributed by atoms with Crippen LogP contribution < -0.4 is 5.32 Å². The number of hydrogen-bond donors (Lipinski definition) is 1. The van der Waals surface area contributed by atoms with Gasteiger partial charge in [-0.15, -0.1) is 0 Å². The van der Waals surface area contributed by atoms with Gasteiger partial charge in [0.2, 0.25) is 0 Å². The van der Waals surface area contributed by atoms with E-state index >= 15 is 0 Å². The fraction of sp³-hybridized carbons (Fsp3) is 0.579. The molecule has 25 heavy (non-hydrogen) atoms. The summed E-state index contributed by atoms with van der Waals surface area (Å²) in [4.78, 5) is 15.9. The van der Waals surface area contributed by atoms with Gasteiger partial charge in [0.15, 0.2) is 6.29 Å². The molecule has 1 atom stereocenters. The smallest absolute Gasteiger partial charge is 0.412 e. The van der Waals surface area contributed by atoms with Crippen LogP contribution in [0.3, 0.4) is 0 Å². The number of nitrogens with zero attached hydrogens (tertiary/aromatic N) is 1. The SMILES string of the molecule is CC(C)(C)OC(=O)Nc1ccncc1C#CCCOC1CCCCO1. The lowest BCUT2D eigenvalue weighted by molar-refractivity contribution is -0.161. The van der Waals surface area contributed by atoms with Crippen molar-refractivity contribution in [1.29, 1.82) is 0 Å². The van der Waals surface area contributed by atoms with Gasteiger partial charge in [-0.25, -0.2) is 4.79 Å². The van der Waals surface area contributed by atoms with Crippen LogP contribution in [0.25, 0.3) is 0 Å². The largest absolute Gasteiger partial charge is 0.444 e. The molecule has 1 aliphatic heterocycles. The third-order valence-electron chi connectivity index (χ3n) is 3.35. The fourth-order valence-corrected chi connectivity index (χ4v) is 2.26. The number of carbonyl (C=O) groups is 1. The van der Waals surface area contributed by atoms with Crippen molar-refractivity contribution in [2.75, 3.05) is 18.5 Å². The van der Waals surface area contributed by atoms with Crippen LogP contribution in [0.2, 0.25) is 0 Å². The summed E-state index contributed by atoms with van der Waals surface area (Å²) in [5, 5.41) is 2.70. The van der Waals surface area contributed by atoms with E-state index in [1.165, 1.54) is 0 Å². The first-order chi connectivity index (χ1) is 11.9. The Balaban J connectivity index is 1.84. The number of ether oxygens (including phenoxy) is 3. The molecule has 2 rings (SSSR count). The topological polar surface area (TPSA) is 69.7 Å². The highest BCUT2D eigenvalue weighted by atomic mass is 16.7. The Bertz CT molecular complexity index is 622. The third-order valence-corrected chi connectivity index (χ3v) is 3.35. The van der Waals surface area contributed by atoms with E-state index in [0.717, 1.165) is 25.9 Å². The second-order valence-corrected chi connectivity index (χ2v) is 6.77. The highest BCUT2D eigenvalue weighted by Crippen LogP contribution is 2.15. The van der Waals surface area contributed by atoms with Gasteiger partial charge in [-0.05, 0) is 46.1 Å². The average Bonchev–Trinajstić information content (AvgIpc) is 2.55. The summed E-state index contributed by atoms with van der Waals surface area (Å²) in [5.41, 5.74) is 0.664. The molecule has 1 aromatic heterocycles. The van der Waals surface area contributed by atoms with Gasteiger partial charge in [-0.1, -0.05) is 11.8 Å². The Kier molecular flexibility index (Phi) is 7.23. The minimum Gasteiger partial charge on any atom is -0.444 e. The maximum atomic E-state index is 11.9. The van der Waals surface area contributed by atoms with E-state index < -0.39 is 11.7 Å². The maximum Gasteiger partial charge on any atom is 0.412 e. The Morgan fingerprint density at radius 1 is 1.44 bits per heavy atom. The Hall–Kier alpha value is -2.10. The number of nitrogens with one attached hydrogen (secondary N) is 1. The molecule has 0 radical (unpaired) electrons. The molecule has 2 heterocycles. The molecule has 136 valence electrons. The van der Waals surface area contributed by atoms with Crippen LogP contribution in [-0.2, 0) is 14.2 Å². The molecule has 0 aromatic carbocycles. The van der Waals surface area contributed by atoms with E-state index in [1.807, 2.05) is 20.8 Å². The lowest BCUT2D eigenvalue weighted by Gasteiger charge is -2.22. The van der Waals surface area contributed by atoms with Crippen LogP contribution in [0.5, 0.6) is 0 Å².